The van der Waals surface area contributed by atoms with Crippen molar-refractivity contribution in [2.45, 2.75) is 45.2 Å². The summed E-state index contributed by atoms with van der Waals surface area (Å²) >= 11 is 11.7. The highest BCUT2D eigenvalue weighted by Gasteiger charge is 2.37. The second-order valence-corrected chi connectivity index (χ2v) is 8.43. The van der Waals surface area contributed by atoms with Gasteiger partial charge in [0.15, 0.2) is 0 Å². The van der Waals surface area contributed by atoms with Gasteiger partial charge in [0.1, 0.15) is 6.04 Å². The summed E-state index contributed by atoms with van der Waals surface area (Å²) < 4.78 is 0. The van der Waals surface area contributed by atoms with Crippen LogP contribution in [0.3, 0.4) is 0 Å². The van der Waals surface area contributed by atoms with E-state index in [4.69, 9.17) is 28.3 Å². The van der Waals surface area contributed by atoms with Crippen molar-refractivity contribution in [3.05, 3.63) is 24.3 Å². The number of aliphatic carboxylic acids is 2. The van der Waals surface area contributed by atoms with E-state index >= 15 is 0 Å². The van der Waals surface area contributed by atoms with Gasteiger partial charge in [0, 0.05) is 48.2 Å². The van der Waals surface area contributed by atoms with E-state index in [0.717, 1.165) is 5.69 Å². The summed E-state index contributed by atoms with van der Waals surface area (Å²) in [5.74, 6) is -1.48. The Morgan fingerprint density at radius 1 is 1.03 bits per heavy atom. The van der Waals surface area contributed by atoms with Crippen LogP contribution in [0.15, 0.2) is 24.3 Å². The number of carboxylic acids is 2. The zero-order valence-corrected chi connectivity index (χ0v) is 18.9. The van der Waals surface area contributed by atoms with Gasteiger partial charge >= 0.3 is 18.0 Å². The van der Waals surface area contributed by atoms with E-state index in [1.807, 2.05) is 17.0 Å². The van der Waals surface area contributed by atoms with Gasteiger partial charge in [0.2, 0.25) is 0 Å². The Bertz CT molecular complexity index is 716. The number of nitrogens with zero attached hydrogens (tertiary/aromatic N) is 2. The molecule has 1 aromatic rings. The average molecular weight is 462 g/mol. The standard InChI is InChI=1S/C20H29Cl2N3O5/c1-20(2,3)25(16(18(28)29)8-9-17(26)27)19(30)23-14-4-6-15(7-5-14)24(12-10-21)13-11-22/h4-7,16H,8-13H2,1-3H3,(H,23,30)(H,26,27)(H,28,29)/t16-/m0/s1. The van der Waals surface area contributed by atoms with Gasteiger partial charge in [0.25, 0.3) is 0 Å². The van der Waals surface area contributed by atoms with Crippen molar-refractivity contribution in [2.24, 2.45) is 0 Å². The normalized spacial score (nSPS) is 12.2. The predicted octanol–water partition coefficient (Wildman–Crippen LogP) is 3.92. The Morgan fingerprint density at radius 3 is 1.97 bits per heavy atom. The van der Waals surface area contributed by atoms with Crippen LogP contribution in [0.1, 0.15) is 33.6 Å². The molecule has 3 N–H and O–H groups in total. The van der Waals surface area contributed by atoms with Gasteiger partial charge in [-0.3, -0.25) is 4.79 Å². The maximum absolute atomic E-state index is 12.9. The van der Waals surface area contributed by atoms with Crippen LogP contribution in [0.4, 0.5) is 16.2 Å². The lowest BCUT2D eigenvalue weighted by atomic mass is 10.0. The predicted molar refractivity (Wildman–Crippen MR) is 119 cm³/mol. The topological polar surface area (TPSA) is 110 Å². The fraction of sp³-hybridized carbons (Fsp3) is 0.550. The molecule has 0 saturated carbocycles. The van der Waals surface area contributed by atoms with E-state index in [-0.39, 0.29) is 12.8 Å². The zero-order chi connectivity index (χ0) is 22.9. The average Bonchev–Trinajstić information content (AvgIpc) is 2.64. The summed E-state index contributed by atoms with van der Waals surface area (Å²) in [6.07, 6.45) is -0.553. The summed E-state index contributed by atoms with van der Waals surface area (Å²) in [4.78, 5) is 38.8. The number of carboxylic acid groups (broad SMARTS) is 2. The molecule has 10 heteroatoms. The number of anilines is 2. The first-order chi connectivity index (χ1) is 14.0. The number of alkyl halides is 2. The fourth-order valence-electron chi connectivity index (χ4n) is 3.05. The van der Waals surface area contributed by atoms with Crippen molar-refractivity contribution in [2.75, 3.05) is 35.1 Å². The second kappa shape index (κ2) is 11.9. The van der Waals surface area contributed by atoms with Crippen LogP contribution >= 0.6 is 23.2 Å². The molecule has 1 aromatic carbocycles. The maximum Gasteiger partial charge on any atom is 0.326 e. The number of amides is 2. The van der Waals surface area contributed by atoms with Gasteiger partial charge in [-0.25, -0.2) is 9.59 Å². The summed E-state index contributed by atoms with van der Waals surface area (Å²) in [5.41, 5.74) is 0.534. The molecule has 0 saturated heterocycles. The molecule has 168 valence electrons. The summed E-state index contributed by atoms with van der Waals surface area (Å²) in [5, 5.41) is 21.2. The molecule has 0 radical (unpaired) electrons. The van der Waals surface area contributed by atoms with E-state index in [1.165, 1.54) is 4.90 Å². The Hall–Kier alpha value is -2.19. The fourth-order valence-corrected chi connectivity index (χ4v) is 3.46. The third-order valence-corrected chi connectivity index (χ3v) is 4.70. The minimum atomic E-state index is -1.27. The molecule has 2 amide bonds. The van der Waals surface area contributed by atoms with Crippen LogP contribution in [-0.4, -0.2) is 69.5 Å². The lowest BCUT2D eigenvalue weighted by Crippen LogP contribution is -2.56. The minimum Gasteiger partial charge on any atom is -0.481 e. The molecule has 30 heavy (non-hydrogen) atoms. The lowest BCUT2D eigenvalue weighted by molar-refractivity contribution is -0.145. The number of urea groups is 1. The number of hydrogen-bond acceptors (Lipinski definition) is 4. The number of hydrogen-bond donors (Lipinski definition) is 3. The molecule has 0 aliphatic rings. The number of carbonyl (C=O) groups excluding carboxylic acids is 1. The molecular weight excluding hydrogens is 433 g/mol. The highest BCUT2D eigenvalue weighted by molar-refractivity contribution is 6.18. The van der Waals surface area contributed by atoms with Crippen LogP contribution in [0.5, 0.6) is 0 Å². The first-order valence-electron chi connectivity index (χ1n) is 9.53. The molecule has 0 bridgehead atoms. The molecule has 1 rings (SSSR count). The molecule has 0 fully saturated rings. The summed E-state index contributed by atoms with van der Waals surface area (Å²) in [7, 11) is 0. The lowest BCUT2D eigenvalue weighted by Gasteiger charge is -2.39. The molecule has 0 aliphatic carbocycles. The first-order valence-corrected chi connectivity index (χ1v) is 10.6. The monoisotopic (exact) mass is 461 g/mol. The maximum atomic E-state index is 12.9. The van der Waals surface area contributed by atoms with Crippen LogP contribution < -0.4 is 10.2 Å². The van der Waals surface area contributed by atoms with E-state index in [0.29, 0.717) is 30.5 Å². The molecule has 1 atom stereocenters. The van der Waals surface area contributed by atoms with Gasteiger partial charge in [-0.05, 0) is 51.5 Å². The van der Waals surface area contributed by atoms with Gasteiger partial charge in [-0.15, -0.1) is 23.2 Å². The molecular formula is C20H29Cl2N3O5. The van der Waals surface area contributed by atoms with Crippen molar-refractivity contribution < 1.29 is 24.6 Å². The number of benzene rings is 1. The number of halogens is 2. The highest BCUT2D eigenvalue weighted by Crippen LogP contribution is 2.24. The molecule has 8 nitrogen and oxygen atoms in total. The summed E-state index contributed by atoms with van der Waals surface area (Å²) in [6, 6.07) is 5.15. The first kappa shape index (κ1) is 25.8. The SMILES string of the molecule is CC(C)(C)N(C(=O)Nc1ccc(N(CCCl)CCCl)cc1)[C@@H](CCC(=O)O)C(=O)O. The molecule has 0 unspecified atom stereocenters. The largest absolute Gasteiger partial charge is 0.481 e. The Labute approximate surface area is 186 Å². The van der Waals surface area contributed by atoms with Gasteiger partial charge in [-0.2, -0.15) is 0 Å². The Kier molecular flexibility index (Phi) is 10.2. The molecule has 0 aliphatic heterocycles. The van der Waals surface area contributed by atoms with Gasteiger partial charge in [0.05, 0.1) is 0 Å². The van der Waals surface area contributed by atoms with Gasteiger partial charge in [-0.1, -0.05) is 0 Å². The summed E-state index contributed by atoms with van der Waals surface area (Å²) in [6.45, 7) is 6.34. The quantitative estimate of drug-likeness (QED) is 0.430. The van der Waals surface area contributed by atoms with E-state index in [1.54, 1.807) is 32.9 Å². The number of rotatable bonds is 11. The van der Waals surface area contributed by atoms with Crippen molar-refractivity contribution in [3.63, 3.8) is 0 Å². The Balaban J connectivity index is 3.03. The van der Waals surface area contributed by atoms with Crippen molar-refractivity contribution in [3.8, 4) is 0 Å². The zero-order valence-electron chi connectivity index (χ0n) is 17.4. The van der Waals surface area contributed by atoms with E-state index in [9.17, 15) is 19.5 Å². The van der Waals surface area contributed by atoms with Crippen molar-refractivity contribution in [1.29, 1.82) is 0 Å². The smallest absolute Gasteiger partial charge is 0.326 e. The third-order valence-electron chi connectivity index (χ3n) is 4.36. The third kappa shape index (κ3) is 7.91. The van der Waals surface area contributed by atoms with Crippen LogP contribution in [0, 0.1) is 0 Å². The van der Waals surface area contributed by atoms with Crippen molar-refractivity contribution in [1.82, 2.24) is 4.90 Å². The minimum absolute atomic E-state index is 0.194. The molecule has 0 spiro atoms. The van der Waals surface area contributed by atoms with E-state index in [2.05, 4.69) is 5.32 Å². The van der Waals surface area contributed by atoms with Crippen LogP contribution in [0.2, 0.25) is 0 Å². The highest BCUT2D eigenvalue weighted by atomic mass is 35.5. The Morgan fingerprint density at radius 2 is 1.57 bits per heavy atom. The second-order valence-electron chi connectivity index (χ2n) is 7.67. The molecule has 0 aromatic heterocycles. The van der Waals surface area contributed by atoms with E-state index < -0.39 is 29.6 Å². The number of carbonyl (C=O) groups is 3. The van der Waals surface area contributed by atoms with Crippen LogP contribution in [-0.2, 0) is 9.59 Å². The number of nitrogens with one attached hydrogen (secondary N) is 1. The molecule has 0 heterocycles. The van der Waals surface area contributed by atoms with Crippen LogP contribution in [0.25, 0.3) is 0 Å². The van der Waals surface area contributed by atoms with Crippen molar-refractivity contribution >= 4 is 52.5 Å². The van der Waals surface area contributed by atoms with Gasteiger partial charge < -0.3 is 25.3 Å².